The lowest BCUT2D eigenvalue weighted by molar-refractivity contribution is -0.125. The van der Waals surface area contributed by atoms with Crippen molar-refractivity contribution in [2.45, 2.75) is 225 Å². The second-order valence-electron chi connectivity index (χ2n) is 14.4. The molecule has 0 aliphatic carbocycles. The van der Waals surface area contributed by atoms with Gasteiger partial charge in [-0.25, -0.2) is 4.57 Å². The average Bonchev–Trinajstić information content (AvgIpc) is 3.07. The summed E-state index contributed by atoms with van der Waals surface area (Å²) in [7, 11) is -4.36. The number of phosphoric acid groups is 1. The summed E-state index contributed by atoms with van der Waals surface area (Å²) in [6.07, 6.45) is 32.8. The van der Waals surface area contributed by atoms with Crippen LogP contribution in [-0.2, 0) is 18.4 Å². The molecule has 0 saturated heterocycles. The number of carbonyl (C=O) groups is 1. The molecule has 4 atom stereocenters. The van der Waals surface area contributed by atoms with E-state index in [1.807, 2.05) is 0 Å². The molecule has 0 heterocycles. The normalized spacial score (nSPS) is 14.8. The Hall–Kier alpha value is -0.540. The predicted octanol–water partition coefficient (Wildman–Crippen LogP) is 10.0. The summed E-state index contributed by atoms with van der Waals surface area (Å²) in [6, 6.07) is -0.889. The summed E-state index contributed by atoms with van der Waals surface area (Å²) >= 11 is 0. The second-order valence-corrected chi connectivity index (χ2v) is 15.9. The standard InChI is InChI=1S/C39H81N2O7P/c1-3-5-7-9-11-13-15-17-19-20-22-24-26-28-30-36(42)34-39(44)41-37(35-48-49(45,46)47-33-32-40)38(43)31-29-27-25-23-21-18-16-14-12-10-8-6-4-2/h36-38,42-43H,3-35,40H2,1-2H3,(H,41,44)(H,45,46). The minimum atomic E-state index is -4.36. The smallest absolute Gasteiger partial charge is 0.393 e. The van der Waals surface area contributed by atoms with Crippen LogP contribution in [0.5, 0.6) is 0 Å². The van der Waals surface area contributed by atoms with Crippen LogP contribution in [0.3, 0.4) is 0 Å². The molecule has 0 spiro atoms. The lowest BCUT2D eigenvalue weighted by atomic mass is 10.0. The maximum atomic E-state index is 12.8. The van der Waals surface area contributed by atoms with Crippen LogP contribution in [0.25, 0.3) is 0 Å². The van der Waals surface area contributed by atoms with E-state index < -0.39 is 32.0 Å². The van der Waals surface area contributed by atoms with Gasteiger partial charge in [0.25, 0.3) is 0 Å². The highest BCUT2D eigenvalue weighted by molar-refractivity contribution is 7.47. The van der Waals surface area contributed by atoms with Gasteiger partial charge in [-0.2, -0.15) is 0 Å². The molecule has 0 radical (unpaired) electrons. The Balaban J connectivity index is 4.28. The number of aliphatic hydroxyl groups excluding tert-OH is 2. The molecule has 0 aromatic heterocycles. The zero-order valence-electron chi connectivity index (χ0n) is 32.1. The number of hydrogen-bond acceptors (Lipinski definition) is 7. The number of nitrogens with one attached hydrogen (secondary N) is 1. The van der Waals surface area contributed by atoms with Gasteiger partial charge in [0.05, 0.1) is 37.9 Å². The molecule has 10 heteroatoms. The Labute approximate surface area is 302 Å². The fourth-order valence-corrected chi connectivity index (χ4v) is 7.12. The van der Waals surface area contributed by atoms with Gasteiger partial charge in [0.1, 0.15) is 0 Å². The summed E-state index contributed by atoms with van der Waals surface area (Å²) in [5.74, 6) is -0.411. The first-order chi connectivity index (χ1) is 23.8. The molecule has 0 aliphatic rings. The molecule has 0 aromatic rings. The average molecular weight is 721 g/mol. The molecule has 0 rings (SSSR count). The second kappa shape index (κ2) is 35.8. The zero-order chi connectivity index (χ0) is 36.3. The molecule has 0 saturated carbocycles. The molecule has 0 fully saturated rings. The van der Waals surface area contributed by atoms with Gasteiger partial charge in [0, 0.05) is 6.54 Å². The number of unbranched alkanes of at least 4 members (excludes halogenated alkanes) is 25. The highest BCUT2D eigenvalue weighted by Crippen LogP contribution is 2.43. The third kappa shape index (κ3) is 34.3. The van der Waals surface area contributed by atoms with Crippen molar-refractivity contribution in [2.24, 2.45) is 5.73 Å². The van der Waals surface area contributed by atoms with Crippen molar-refractivity contribution in [3.63, 3.8) is 0 Å². The topological polar surface area (TPSA) is 151 Å². The fourth-order valence-electron chi connectivity index (χ4n) is 6.36. The number of hydrogen-bond donors (Lipinski definition) is 5. The number of amides is 1. The van der Waals surface area contributed by atoms with E-state index in [1.165, 1.54) is 135 Å². The predicted molar refractivity (Wildman–Crippen MR) is 205 cm³/mol. The monoisotopic (exact) mass is 721 g/mol. The first-order valence-electron chi connectivity index (χ1n) is 20.7. The first kappa shape index (κ1) is 48.5. The van der Waals surface area contributed by atoms with Crippen molar-refractivity contribution in [3.8, 4) is 0 Å². The van der Waals surface area contributed by atoms with Crippen LogP contribution in [0.2, 0.25) is 0 Å². The maximum Gasteiger partial charge on any atom is 0.472 e. The molecule has 0 aliphatic heterocycles. The maximum absolute atomic E-state index is 12.8. The van der Waals surface area contributed by atoms with Gasteiger partial charge in [0.15, 0.2) is 0 Å². The Morgan fingerprint density at radius 3 is 1.37 bits per heavy atom. The van der Waals surface area contributed by atoms with Crippen LogP contribution in [0.4, 0.5) is 0 Å². The van der Waals surface area contributed by atoms with Crippen molar-refractivity contribution in [1.29, 1.82) is 0 Å². The van der Waals surface area contributed by atoms with Crippen molar-refractivity contribution in [3.05, 3.63) is 0 Å². The van der Waals surface area contributed by atoms with E-state index in [9.17, 15) is 24.5 Å². The molecule has 9 nitrogen and oxygen atoms in total. The van der Waals surface area contributed by atoms with Gasteiger partial charge in [0.2, 0.25) is 5.91 Å². The minimum absolute atomic E-state index is 0.0624. The van der Waals surface area contributed by atoms with Crippen LogP contribution in [0.15, 0.2) is 0 Å². The van der Waals surface area contributed by atoms with E-state index in [4.69, 9.17) is 14.8 Å². The highest BCUT2D eigenvalue weighted by Gasteiger charge is 2.28. The third-order valence-corrected chi connectivity index (χ3v) is 10.5. The van der Waals surface area contributed by atoms with E-state index in [1.54, 1.807) is 0 Å². The van der Waals surface area contributed by atoms with Gasteiger partial charge in [-0.3, -0.25) is 13.8 Å². The van der Waals surface area contributed by atoms with Gasteiger partial charge in [-0.1, -0.05) is 187 Å². The Bertz CT molecular complexity index is 761. The Morgan fingerprint density at radius 2 is 0.980 bits per heavy atom. The van der Waals surface area contributed by atoms with Crippen LogP contribution in [-0.4, -0.2) is 59.0 Å². The fraction of sp³-hybridized carbons (Fsp3) is 0.974. The molecular formula is C39H81N2O7P. The van der Waals surface area contributed by atoms with E-state index in [0.29, 0.717) is 12.8 Å². The van der Waals surface area contributed by atoms with Crippen molar-refractivity contribution in [1.82, 2.24) is 5.32 Å². The minimum Gasteiger partial charge on any atom is -0.393 e. The molecule has 294 valence electrons. The number of nitrogens with two attached hydrogens (primary N) is 1. The lowest BCUT2D eigenvalue weighted by Gasteiger charge is -2.25. The largest absolute Gasteiger partial charge is 0.472 e. The molecule has 1 amide bonds. The summed E-state index contributed by atoms with van der Waals surface area (Å²) in [5.41, 5.74) is 5.36. The highest BCUT2D eigenvalue weighted by atomic mass is 31.2. The van der Waals surface area contributed by atoms with Gasteiger partial charge in [-0.05, 0) is 12.8 Å². The number of phosphoric ester groups is 1. The summed E-state index contributed by atoms with van der Waals surface area (Å²) in [4.78, 5) is 22.7. The van der Waals surface area contributed by atoms with Gasteiger partial charge < -0.3 is 26.2 Å². The zero-order valence-corrected chi connectivity index (χ0v) is 33.0. The first-order valence-corrected chi connectivity index (χ1v) is 22.2. The van der Waals surface area contributed by atoms with Crippen LogP contribution in [0.1, 0.15) is 206 Å². The van der Waals surface area contributed by atoms with Crippen LogP contribution in [0, 0.1) is 0 Å². The molecule has 49 heavy (non-hydrogen) atoms. The Morgan fingerprint density at radius 1 is 0.612 bits per heavy atom. The van der Waals surface area contributed by atoms with E-state index in [-0.39, 0.29) is 26.2 Å². The summed E-state index contributed by atoms with van der Waals surface area (Å²) in [6.45, 7) is 4.05. The van der Waals surface area contributed by atoms with Crippen LogP contribution < -0.4 is 11.1 Å². The molecule has 0 bridgehead atoms. The molecule has 0 aromatic carbocycles. The number of rotatable bonds is 39. The molecule has 4 unspecified atom stereocenters. The van der Waals surface area contributed by atoms with E-state index >= 15 is 0 Å². The molecular weight excluding hydrogens is 639 g/mol. The van der Waals surface area contributed by atoms with Crippen molar-refractivity contribution < 1.29 is 33.5 Å². The number of carbonyl (C=O) groups excluding carboxylic acids is 1. The summed E-state index contributed by atoms with van der Waals surface area (Å²) in [5, 5.41) is 24.1. The SMILES string of the molecule is CCCCCCCCCCCCCCCCC(O)CC(=O)NC(COP(=O)(O)OCCN)C(O)CCCCCCCCCCCCCCC. The summed E-state index contributed by atoms with van der Waals surface area (Å²) < 4.78 is 22.1. The van der Waals surface area contributed by atoms with Crippen LogP contribution >= 0.6 is 7.82 Å². The quantitative estimate of drug-likeness (QED) is 0.0311. The number of aliphatic hydroxyl groups is 2. The van der Waals surface area contributed by atoms with Crippen molar-refractivity contribution in [2.75, 3.05) is 19.8 Å². The van der Waals surface area contributed by atoms with E-state index in [2.05, 4.69) is 19.2 Å². The molecule has 6 N–H and O–H groups in total. The lowest BCUT2D eigenvalue weighted by Crippen LogP contribution is -2.47. The van der Waals surface area contributed by atoms with Gasteiger partial charge in [-0.15, -0.1) is 0 Å². The van der Waals surface area contributed by atoms with Gasteiger partial charge >= 0.3 is 7.82 Å². The third-order valence-electron chi connectivity index (χ3n) is 9.52. The Kier molecular flexibility index (Phi) is 35.4. The van der Waals surface area contributed by atoms with Crippen molar-refractivity contribution >= 4 is 13.7 Å². The van der Waals surface area contributed by atoms with E-state index in [0.717, 1.165) is 38.5 Å².